The molecule has 20 heavy (non-hydrogen) atoms. The average Bonchev–Trinajstić information content (AvgIpc) is 2.91. The van der Waals surface area contributed by atoms with E-state index in [0.29, 0.717) is 5.92 Å². The van der Waals surface area contributed by atoms with Gasteiger partial charge in [0.05, 0.1) is 0 Å². The standard InChI is InChI=1S/C15H21N5/c1-3-16-9-11-4-5-13-12(8-11)10-17-15(18-13)14-6-7-20(2)19-14/h6-7,10-11,16H,3-5,8-9H2,1-2H3. The van der Waals surface area contributed by atoms with Crippen LogP contribution in [0.1, 0.15) is 24.6 Å². The largest absolute Gasteiger partial charge is 0.317 e. The third-order valence-corrected chi connectivity index (χ3v) is 3.88. The maximum atomic E-state index is 4.70. The van der Waals surface area contributed by atoms with Crippen LogP contribution in [0.4, 0.5) is 0 Å². The molecule has 106 valence electrons. The number of nitrogens with one attached hydrogen (secondary N) is 1. The number of hydrogen-bond acceptors (Lipinski definition) is 4. The van der Waals surface area contributed by atoms with Gasteiger partial charge in [-0.25, -0.2) is 9.97 Å². The number of aryl methyl sites for hydroxylation is 2. The van der Waals surface area contributed by atoms with Gasteiger partial charge in [-0.1, -0.05) is 6.92 Å². The van der Waals surface area contributed by atoms with Crippen molar-refractivity contribution < 1.29 is 0 Å². The lowest BCUT2D eigenvalue weighted by Gasteiger charge is -2.23. The highest BCUT2D eigenvalue weighted by Crippen LogP contribution is 2.25. The van der Waals surface area contributed by atoms with Crippen LogP contribution in [0.25, 0.3) is 11.5 Å². The van der Waals surface area contributed by atoms with Gasteiger partial charge in [-0.15, -0.1) is 0 Å². The summed E-state index contributed by atoms with van der Waals surface area (Å²) in [5.74, 6) is 1.46. The van der Waals surface area contributed by atoms with Gasteiger partial charge in [0.25, 0.3) is 0 Å². The fraction of sp³-hybridized carbons (Fsp3) is 0.533. The molecule has 0 saturated carbocycles. The van der Waals surface area contributed by atoms with E-state index in [0.717, 1.165) is 37.4 Å². The zero-order valence-electron chi connectivity index (χ0n) is 12.1. The first-order valence-corrected chi connectivity index (χ1v) is 7.31. The third kappa shape index (κ3) is 2.72. The molecule has 0 aromatic carbocycles. The summed E-state index contributed by atoms with van der Waals surface area (Å²) in [7, 11) is 1.91. The van der Waals surface area contributed by atoms with Crippen molar-refractivity contribution in [3.63, 3.8) is 0 Å². The summed E-state index contributed by atoms with van der Waals surface area (Å²) in [6.45, 7) is 4.29. The van der Waals surface area contributed by atoms with Crippen LogP contribution in [0.15, 0.2) is 18.5 Å². The Morgan fingerprint density at radius 2 is 2.35 bits per heavy atom. The summed E-state index contributed by atoms with van der Waals surface area (Å²) in [5, 5.41) is 7.80. The second-order valence-electron chi connectivity index (χ2n) is 5.46. The molecule has 5 heteroatoms. The molecule has 0 amide bonds. The number of rotatable bonds is 4. The monoisotopic (exact) mass is 271 g/mol. The van der Waals surface area contributed by atoms with Gasteiger partial charge >= 0.3 is 0 Å². The van der Waals surface area contributed by atoms with E-state index >= 15 is 0 Å². The highest BCUT2D eigenvalue weighted by molar-refractivity contribution is 5.48. The molecule has 3 rings (SSSR count). The number of aromatic nitrogens is 4. The van der Waals surface area contributed by atoms with Crippen LogP contribution in [-0.4, -0.2) is 32.8 Å². The Morgan fingerprint density at radius 3 is 3.10 bits per heavy atom. The predicted molar refractivity (Wildman–Crippen MR) is 78.3 cm³/mol. The molecule has 0 fully saturated rings. The van der Waals surface area contributed by atoms with E-state index in [-0.39, 0.29) is 0 Å². The molecule has 1 aliphatic rings. The van der Waals surface area contributed by atoms with Crippen molar-refractivity contribution in [2.24, 2.45) is 13.0 Å². The lowest BCUT2D eigenvalue weighted by Crippen LogP contribution is -2.27. The molecule has 1 aliphatic carbocycles. The van der Waals surface area contributed by atoms with Gasteiger partial charge < -0.3 is 5.32 Å². The molecule has 2 aromatic heterocycles. The highest BCUT2D eigenvalue weighted by Gasteiger charge is 2.20. The molecule has 0 bridgehead atoms. The van der Waals surface area contributed by atoms with Gasteiger partial charge in [-0.3, -0.25) is 4.68 Å². The second kappa shape index (κ2) is 5.71. The van der Waals surface area contributed by atoms with Crippen molar-refractivity contribution in [2.75, 3.05) is 13.1 Å². The Labute approximate surface area is 119 Å². The Balaban J connectivity index is 1.78. The van der Waals surface area contributed by atoms with Crippen LogP contribution in [0.3, 0.4) is 0 Å². The molecule has 0 aliphatic heterocycles. The normalized spacial score (nSPS) is 18.0. The molecule has 5 nitrogen and oxygen atoms in total. The van der Waals surface area contributed by atoms with Crippen LogP contribution in [0.5, 0.6) is 0 Å². The number of hydrogen-bond donors (Lipinski definition) is 1. The highest BCUT2D eigenvalue weighted by atomic mass is 15.3. The molecule has 1 N–H and O–H groups in total. The fourth-order valence-electron chi connectivity index (χ4n) is 2.76. The maximum Gasteiger partial charge on any atom is 0.180 e. The molecule has 1 unspecified atom stereocenters. The molecule has 0 saturated heterocycles. The van der Waals surface area contributed by atoms with Crippen molar-refractivity contribution in [3.8, 4) is 11.5 Å². The van der Waals surface area contributed by atoms with Crippen LogP contribution in [-0.2, 0) is 19.9 Å². The van der Waals surface area contributed by atoms with Crippen LogP contribution >= 0.6 is 0 Å². The topological polar surface area (TPSA) is 55.6 Å². The Hall–Kier alpha value is -1.75. The molecular formula is C15H21N5. The van der Waals surface area contributed by atoms with Crippen LogP contribution < -0.4 is 5.32 Å². The average molecular weight is 271 g/mol. The minimum atomic E-state index is 0.715. The SMILES string of the molecule is CCNCC1CCc2nc(-c3ccn(C)n3)ncc2C1. The van der Waals surface area contributed by atoms with Crippen molar-refractivity contribution in [1.29, 1.82) is 0 Å². The number of nitrogens with zero attached hydrogens (tertiary/aromatic N) is 4. The summed E-state index contributed by atoms with van der Waals surface area (Å²) in [4.78, 5) is 9.19. The molecule has 0 radical (unpaired) electrons. The van der Waals surface area contributed by atoms with E-state index in [1.807, 2.05) is 25.5 Å². The van der Waals surface area contributed by atoms with E-state index in [9.17, 15) is 0 Å². The molecular weight excluding hydrogens is 250 g/mol. The maximum absolute atomic E-state index is 4.70. The van der Waals surface area contributed by atoms with Crippen molar-refractivity contribution in [3.05, 3.63) is 29.7 Å². The van der Waals surface area contributed by atoms with Gasteiger partial charge in [0, 0.05) is 25.1 Å². The van der Waals surface area contributed by atoms with Gasteiger partial charge in [0.2, 0.25) is 0 Å². The van der Waals surface area contributed by atoms with Gasteiger partial charge in [0.15, 0.2) is 5.82 Å². The quantitative estimate of drug-likeness (QED) is 0.917. The lowest BCUT2D eigenvalue weighted by atomic mass is 9.87. The molecule has 1 atom stereocenters. The van der Waals surface area contributed by atoms with Gasteiger partial charge in [-0.2, -0.15) is 5.10 Å². The summed E-state index contributed by atoms with van der Waals surface area (Å²) >= 11 is 0. The summed E-state index contributed by atoms with van der Waals surface area (Å²) in [6.07, 6.45) is 7.26. The number of fused-ring (bicyclic) bond motifs is 1. The smallest absolute Gasteiger partial charge is 0.180 e. The Kier molecular flexibility index (Phi) is 3.78. The van der Waals surface area contributed by atoms with Crippen molar-refractivity contribution in [1.82, 2.24) is 25.1 Å². The van der Waals surface area contributed by atoms with E-state index in [1.54, 1.807) is 4.68 Å². The van der Waals surface area contributed by atoms with Gasteiger partial charge in [0.1, 0.15) is 5.69 Å². The zero-order chi connectivity index (χ0) is 13.9. The third-order valence-electron chi connectivity index (χ3n) is 3.88. The van der Waals surface area contributed by atoms with E-state index < -0.39 is 0 Å². The fourth-order valence-corrected chi connectivity index (χ4v) is 2.76. The second-order valence-corrected chi connectivity index (χ2v) is 5.46. The minimum Gasteiger partial charge on any atom is -0.317 e. The van der Waals surface area contributed by atoms with Crippen molar-refractivity contribution >= 4 is 0 Å². The van der Waals surface area contributed by atoms with Crippen LogP contribution in [0, 0.1) is 5.92 Å². The molecule has 0 spiro atoms. The Bertz CT molecular complexity index is 590. The molecule has 2 aromatic rings. The lowest BCUT2D eigenvalue weighted by molar-refractivity contribution is 0.424. The van der Waals surface area contributed by atoms with E-state index in [1.165, 1.54) is 17.7 Å². The first-order chi connectivity index (χ1) is 9.76. The zero-order valence-corrected chi connectivity index (χ0v) is 12.1. The van der Waals surface area contributed by atoms with Crippen LogP contribution in [0.2, 0.25) is 0 Å². The summed E-state index contributed by atoms with van der Waals surface area (Å²) in [5.41, 5.74) is 3.36. The first-order valence-electron chi connectivity index (χ1n) is 7.31. The minimum absolute atomic E-state index is 0.715. The predicted octanol–water partition coefficient (Wildman–Crippen LogP) is 1.59. The Morgan fingerprint density at radius 1 is 1.45 bits per heavy atom. The van der Waals surface area contributed by atoms with E-state index in [2.05, 4.69) is 22.3 Å². The molecule has 2 heterocycles. The van der Waals surface area contributed by atoms with E-state index in [4.69, 9.17) is 4.98 Å². The first kappa shape index (κ1) is 13.2. The summed E-state index contributed by atoms with van der Waals surface area (Å²) in [6, 6.07) is 1.96. The van der Waals surface area contributed by atoms with Gasteiger partial charge in [-0.05, 0) is 49.9 Å². The summed E-state index contributed by atoms with van der Waals surface area (Å²) < 4.78 is 1.78. The van der Waals surface area contributed by atoms with Crippen molar-refractivity contribution in [2.45, 2.75) is 26.2 Å².